The molecule has 0 aromatic heterocycles. The first-order valence-corrected chi connectivity index (χ1v) is 12.1. The first kappa shape index (κ1) is 30.9. The van der Waals surface area contributed by atoms with Crippen molar-refractivity contribution in [3.8, 4) is 0 Å². The highest BCUT2D eigenvalue weighted by Crippen LogP contribution is 2.23. The van der Waals surface area contributed by atoms with E-state index in [2.05, 4.69) is 37.9 Å². The first-order valence-electron chi connectivity index (χ1n) is 10.6. The second-order valence-electron chi connectivity index (χ2n) is 8.05. The highest BCUT2D eigenvalue weighted by Gasteiger charge is 2.38. The van der Waals surface area contributed by atoms with E-state index >= 15 is 0 Å². The molecule has 0 saturated heterocycles. The molecule has 0 rings (SSSR count). The van der Waals surface area contributed by atoms with Gasteiger partial charge < -0.3 is 18.9 Å². The van der Waals surface area contributed by atoms with Gasteiger partial charge in [0.2, 0.25) is 0 Å². The van der Waals surface area contributed by atoms with Crippen molar-refractivity contribution in [1.29, 1.82) is 0 Å². The fraction of sp³-hybridized carbons (Fsp3) is 0.810. The molecule has 0 heterocycles. The van der Waals surface area contributed by atoms with Crippen molar-refractivity contribution in [2.24, 2.45) is 5.41 Å². The van der Waals surface area contributed by atoms with Gasteiger partial charge in [-0.05, 0) is 6.42 Å². The standard InChI is InChI=1S/C21H36O8S3/c1-5-6-17(22)26-10-21(11-27-18(23)7-14(2)30,12-28-19(24)8-15(3)31)13-29-20(25)9-16(4)32/h14-16,30-32H,5-13H2,1-4H3. The van der Waals surface area contributed by atoms with E-state index in [-0.39, 0.29) is 67.9 Å². The zero-order valence-electron chi connectivity index (χ0n) is 19.2. The Morgan fingerprint density at radius 2 is 0.906 bits per heavy atom. The normalized spacial score (nSPS) is 15.6. The molecule has 0 amide bonds. The lowest BCUT2D eigenvalue weighted by Gasteiger charge is -2.32. The highest BCUT2D eigenvalue weighted by molar-refractivity contribution is 7.81. The van der Waals surface area contributed by atoms with Crippen molar-refractivity contribution in [3.63, 3.8) is 0 Å². The third-order valence-corrected chi connectivity index (χ3v) is 4.55. The predicted molar refractivity (Wildman–Crippen MR) is 130 cm³/mol. The fourth-order valence-electron chi connectivity index (χ4n) is 2.36. The molecule has 11 heteroatoms. The van der Waals surface area contributed by atoms with E-state index in [0.717, 1.165) is 0 Å². The molecule has 3 atom stereocenters. The minimum atomic E-state index is -1.26. The molecular weight excluding hydrogens is 476 g/mol. The van der Waals surface area contributed by atoms with Crippen LogP contribution in [0, 0.1) is 5.41 Å². The van der Waals surface area contributed by atoms with Crippen LogP contribution in [0.25, 0.3) is 0 Å². The van der Waals surface area contributed by atoms with Crippen molar-refractivity contribution in [2.45, 2.75) is 75.5 Å². The Morgan fingerprint density at radius 3 is 1.16 bits per heavy atom. The summed E-state index contributed by atoms with van der Waals surface area (Å²) in [4.78, 5) is 48.2. The molecule has 3 unspecified atom stereocenters. The molecular formula is C21H36O8S3. The average molecular weight is 513 g/mol. The van der Waals surface area contributed by atoms with Gasteiger partial charge in [0.1, 0.15) is 31.8 Å². The molecule has 0 aromatic carbocycles. The molecule has 8 nitrogen and oxygen atoms in total. The molecule has 0 N–H and O–H groups in total. The van der Waals surface area contributed by atoms with Gasteiger partial charge in [-0.15, -0.1) is 0 Å². The second kappa shape index (κ2) is 16.5. The Hall–Kier alpha value is -1.07. The summed E-state index contributed by atoms with van der Waals surface area (Å²) < 4.78 is 21.4. The van der Waals surface area contributed by atoms with Crippen LogP contribution in [0.5, 0.6) is 0 Å². The summed E-state index contributed by atoms with van der Waals surface area (Å²) in [5, 5.41) is -0.656. The number of hydrogen-bond acceptors (Lipinski definition) is 11. The van der Waals surface area contributed by atoms with Crippen LogP contribution < -0.4 is 0 Å². The molecule has 0 aliphatic heterocycles. The van der Waals surface area contributed by atoms with Gasteiger partial charge in [0.25, 0.3) is 0 Å². The monoisotopic (exact) mass is 512 g/mol. The fourth-order valence-corrected chi connectivity index (χ4v) is 2.81. The summed E-state index contributed by atoms with van der Waals surface area (Å²) in [5.41, 5.74) is -1.26. The van der Waals surface area contributed by atoms with Crippen LogP contribution in [0.2, 0.25) is 0 Å². The molecule has 0 fully saturated rings. The summed E-state index contributed by atoms with van der Waals surface area (Å²) in [5.74, 6) is -2.04. The van der Waals surface area contributed by atoms with Crippen molar-refractivity contribution >= 4 is 61.8 Å². The smallest absolute Gasteiger partial charge is 0.306 e. The second-order valence-corrected chi connectivity index (χ2v) is 10.7. The molecule has 0 radical (unpaired) electrons. The van der Waals surface area contributed by atoms with Gasteiger partial charge in [0.05, 0.1) is 19.3 Å². The van der Waals surface area contributed by atoms with E-state index in [0.29, 0.717) is 6.42 Å². The number of ether oxygens (including phenoxy) is 4. The van der Waals surface area contributed by atoms with Crippen LogP contribution in [0.3, 0.4) is 0 Å². The zero-order chi connectivity index (χ0) is 24.7. The van der Waals surface area contributed by atoms with Crippen LogP contribution in [0.4, 0.5) is 0 Å². The van der Waals surface area contributed by atoms with Crippen molar-refractivity contribution in [2.75, 3.05) is 26.4 Å². The molecule has 0 aromatic rings. The zero-order valence-corrected chi connectivity index (χ0v) is 21.9. The minimum Gasteiger partial charge on any atom is -0.465 e. The number of esters is 4. The van der Waals surface area contributed by atoms with E-state index in [4.69, 9.17) is 18.9 Å². The quantitative estimate of drug-likeness (QED) is 0.165. The Balaban J connectivity index is 5.53. The van der Waals surface area contributed by atoms with Crippen LogP contribution >= 0.6 is 37.9 Å². The van der Waals surface area contributed by atoms with E-state index in [1.165, 1.54) is 0 Å². The maximum atomic E-state index is 12.1. The molecule has 0 saturated carbocycles. The Bertz CT molecular complexity index is 543. The van der Waals surface area contributed by atoms with Crippen LogP contribution in [0.1, 0.15) is 59.8 Å². The van der Waals surface area contributed by atoms with Gasteiger partial charge >= 0.3 is 23.9 Å². The van der Waals surface area contributed by atoms with E-state index in [1.807, 2.05) is 6.92 Å². The molecule has 0 aliphatic carbocycles. The van der Waals surface area contributed by atoms with Crippen LogP contribution in [-0.4, -0.2) is 66.1 Å². The molecule has 0 bridgehead atoms. The summed E-state index contributed by atoms with van der Waals surface area (Å²) >= 11 is 12.5. The SMILES string of the molecule is CCCC(=O)OCC(COC(=O)CC(C)S)(COC(=O)CC(C)S)COC(=O)CC(C)S. The summed E-state index contributed by atoms with van der Waals surface area (Å²) in [6, 6.07) is 0. The molecule has 32 heavy (non-hydrogen) atoms. The van der Waals surface area contributed by atoms with Crippen molar-refractivity contribution < 1.29 is 38.1 Å². The topological polar surface area (TPSA) is 105 Å². The summed E-state index contributed by atoms with van der Waals surface area (Å²) in [6.45, 7) is 5.96. The van der Waals surface area contributed by atoms with Crippen molar-refractivity contribution in [1.82, 2.24) is 0 Å². The third-order valence-electron chi connectivity index (χ3n) is 4.00. The molecule has 0 spiro atoms. The summed E-state index contributed by atoms with van der Waals surface area (Å²) in [6.07, 6.45) is 0.958. The molecule has 186 valence electrons. The number of carbonyl (C=O) groups excluding carboxylic acids is 4. The van der Waals surface area contributed by atoms with Gasteiger partial charge in [-0.25, -0.2) is 0 Å². The average Bonchev–Trinajstić information content (AvgIpc) is 2.65. The first-order chi connectivity index (χ1) is 14.9. The largest absolute Gasteiger partial charge is 0.465 e. The van der Waals surface area contributed by atoms with E-state index in [9.17, 15) is 19.2 Å². The Morgan fingerprint density at radius 1 is 0.625 bits per heavy atom. The van der Waals surface area contributed by atoms with Crippen molar-refractivity contribution in [3.05, 3.63) is 0 Å². The lowest BCUT2D eigenvalue weighted by atomic mass is 9.92. The summed E-state index contributed by atoms with van der Waals surface area (Å²) in [7, 11) is 0. The third kappa shape index (κ3) is 15.7. The lowest BCUT2D eigenvalue weighted by Crippen LogP contribution is -2.44. The predicted octanol–water partition coefficient (Wildman–Crippen LogP) is 3.07. The van der Waals surface area contributed by atoms with Gasteiger partial charge in [0, 0.05) is 22.2 Å². The number of carbonyl (C=O) groups is 4. The van der Waals surface area contributed by atoms with Crippen LogP contribution in [-0.2, 0) is 38.1 Å². The van der Waals surface area contributed by atoms with Crippen LogP contribution in [0.15, 0.2) is 0 Å². The van der Waals surface area contributed by atoms with E-state index < -0.39 is 29.3 Å². The van der Waals surface area contributed by atoms with Gasteiger partial charge in [-0.1, -0.05) is 27.7 Å². The molecule has 0 aliphatic rings. The maximum Gasteiger partial charge on any atom is 0.306 e. The van der Waals surface area contributed by atoms with Gasteiger partial charge in [-0.2, -0.15) is 37.9 Å². The highest BCUT2D eigenvalue weighted by atomic mass is 32.1. The van der Waals surface area contributed by atoms with E-state index in [1.54, 1.807) is 20.8 Å². The maximum absolute atomic E-state index is 12.1. The number of rotatable bonds is 16. The Kier molecular flexibility index (Phi) is 16.0. The minimum absolute atomic E-state index is 0.0583. The number of hydrogen-bond donors (Lipinski definition) is 3. The van der Waals surface area contributed by atoms with Gasteiger partial charge in [0.15, 0.2) is 0 Å². The van der Waals surface area contributed by atoms with Gasteiger partial charge in [-0.3, -0.25) is 19.2 Å². The Labute approximate surface area is 207 Å². The number of thiol groups is 3. The lowest BCUT2D eigenvalue weighted by molar-refractivity contribution is -0.170.